The summed E-state index contributed by atoms with van der Waals surface area (Å²) in [6, 6.07) is 5.74. The molecule has 1 fully saturated rings. The van der Waals surface area contributed by atoms with E-state index in [1.807, 2.05) is 4.90 Å². The minimum Gasteiger partial charge on any atom is -0.405 e. The van der Waals surface area contributed by atoms with Gasteiger partial charge in [-0.05, 0) is 25.5 Å². The van der Waals surface area contributed by atoms with Crippen LogP contribution >= 0.6 is 0 Å². The zero-order chi connectivity index (χ0) is 16.2. The third kappa shape index (κ3) is 4.37. The number of amides is 1. The highest BCUT2D eigenvalue weighted by Gasteiger charge is 2.33. The van der Waals surface area contributed by atoms with Crippen molar-refractivity contribution in [3.8, 4) is 5.75 Å². The number of hydrogen-bond acceptors (Lipinski definition) is 3. The number of alkyl halides is 3. The maximum Gasteiger partial charge on any atom is 0.573 e. The number of hydrogen-bond donors (Lipinski definition) is 1. The lowest BCUT2D eigenvalue weighted by Gasteiger charge is -2.34. The molecule has 4 nitrogen and oxygen atoms in total. The first kappa shape index (κ1) is 16.6. The summed E-state index contributed by atoms with van der Waals surface area (Å²) in [4.78, 5) is 13.8. The molecule has 0 aliphatic carbocycles. The van der Waals surface area contributed by atoms with Gasteiger partial charge in [0, 0.05) is 19.2 Å². The van der Waals surface area contributed by atoms with Crippen molar-refractivity contribution in [1.82, 2.24) is 10.2 Å². The van der Waals surface area contributed by atoms with E-state index in [0.717, 1.165) is 12.8 Å². The van der Waals surface area contributed by atoms with E-state index in [9.17, 15) is 18.0 Å². The molecule has 7 heteroatoms. The number of carbonyl (C=O) groups is 1. The van der Waals surface area contributed by atoms with Crippen LogP contribution in [0.25, 0.3) is 0 Å². The quantitative estimate of drug-likeness (QED) is 0.928. The van der Waals surface area contributed by atoms with Crippen molar-refractivity contribution >= 4 is 5.91 Å². The fourth-order valence-corrected chi connectivity index (χ4v) is 2.72. The number of nitrogens with zero attached hydrogens (tertiary/aromatic N) is 1. The molecular weight excluding hydrogens is 297 g/mol. The largest absolute Gasteiger partial charge is 0.573 e. The van der Waals surface area contributed by atoms with Gasteiger partial charge in [-0.15, -0.1) is 13.2 Å². The number of ether oxygens (including phenoxy) is 1. The van der Waals surface area contributed by atoms with Gasteiger partial charge < -0.3 is 10.1 Å². The average molecular weight is 316 g/mol. The molecule has 0 aromatic heterocycles. The van der Waals surface area contributed by atoms with E-state index in [4.69, 9.17) is 0 Å². The summed E-state index contributed by atoms with van der Waals surface area (Å²) in [6.07, 6.45) is -2.15. The Hall–Kier alpha value is -1.76. The molecule has 0 saturated carbocycles. The van der Waals surface area contributed by atoms with E-state index in [1.54, 1.807) is 19.2 Å². The van der Waals surface area contributed by atoms with E-state index in [1.165, 1.54) is 12.1 Å². The van der Waals surface area contributed by atoms with Gasteiger partial charge in [0.2, 0.25) is 5.91 Å². The lowest BCUT2D eigenvalue weighted by atomic mass is 10.0. The number of piperidine rings is 1. The van der Waals surface area contributed by atoms with Crippen molar-refractivity contribution in [1.29, 1.82) is 0 Å². The molecule has 1 amide bonds. The fraction of sp³-hybridized carbons (Fsp3) is 0.533. The lowest BCUT2D eigenvalue weighted by molar-refractivity contribution is -0.275. The lowest BCUT2D eigenvalue weighted by Crippen LogP contribution is -2.48. The molecule has 1 atom stereocenters. The van der Waals surface area contributed by atoms with Crippen LogP contribution in [0.3, 0.4) is 0 Å². The number of halogens is 3. The summed E-state index contributed by atoms with van der Waals surface area (Å²) in [5.41, 5.74) is 0.427. The average Bonchev–Trinajstić information content (AvgIpc) is 2.47. The summed E-state index contributed by atoms with van der Waals surface area (Å²) in [7, 11) is 1.57. The highest BCUT2D eigenvalue weighted by Crippen LogP contribution is 2.29. The fourth-order valence-electron chi connectivity index (χ4n) is 2.72. The van der Waals surface area contributed by atoms with Crippen LogP contribution in [0.2, 0.25) is 0 Å². The van der Waals surface area contributed by atoms with Crippen molar-refractivity contribution in [2.45, 2.75) is 38.2 Å². The van der Waals surface area contributed by atoms with Gasteiger partial charge in [0.15, 0.2) is 0 Å². The molecule has 2 rings (SSSR count). The van der Waals surface area contributed by atoms with Crippen LogP contribution in [0.4, 0.5) is 13.2 Å². The zero-order valence-electron chi connectivity index (χ0n) is 12.3. The minimum atomic E-state index is -4.72. The second-order valence-electron chi connectivity index (χ2n) is 5.25. The topological polar surface area (TPSA) is 41.6 Å². The van der Waals surface area contributed by atoms with Crippen LogP contribution in [0, 0.1) is 0 Å². The molecule has 1 unspecified atom stereocenters. The Morgan fingerprint density at radius 2 is 2.09 bits per heavy atom. The Morgan fingerprint density at radius 3 is 2.77 bits per heavy atom. The molecule has 0 radical (unpaired) electrons. The number of carbonyl (C=O) groups excluding carboxylic acids is 1. The van der Waals surface area contributed by atoms with Crippen molar-refractivity contribution in [2.24, 2.45) is 0 Å². The highest BCUT2D eigenvalue weighted by atomic mass is 19.4. The van der Waals surface area contributed by atoms with Gasteiger partial charge in [0.1, 0.15) is 5.75 Å². The summed E-state index contributed by atoms with van der Waals surface area (Å²) < 4.78 is 41.4. The molecule has 0 spiro atoms. The first-order valence-electron chi connectivity index (χ1n) is 7.20. The van der Waals surface area contributed by atoms with Crippen LogP contribution in [-0.4, -0.2) is 36.8 Å². The van der Waals surface area contributed by atoms with Gasteiger partial charge in [0.05, 0.1) is 6.04 Å². The van der Waals surface area contributed by atoms with E-state index in [0.29, 0.717) is 18.5 Å². The highest BCUT2D eigenvalue weighted by molar-refractivity contribution is 5.81. The van der Waals surface area contributed by atoms with Crippen LogP contribution in [0.1, 0.15) is 24.8 Å². The number of likely N-dealkylation sites (N-methyl/N-ethyl adjacent to an activating group) is 1. The van der Waals surface area contributed by atoms with Crippen LogP contribution in [0.15, 0.2) is 24.3 Å². The number of benzene rings is 1. The van der Waals surface area contributed by atoms with Crippen molar-refractivity contribution < 1.29 is 22.7 Å². The molecule has 1 aromatic carbocycles. The molecule has 1 heterocycles. The van der Waals surface area contributed by atoms with Gasteiger partial charge in [-0.3, -0.25) is 9.69 Å². The molecule has 0 bridgehead atoms. The summed E-state index contributed by atoms with van der Waals surface area (Å²) in [5, 5.41) is 2.61. The second kappa shape index (κ2) is 7.00. The Labute approximate surface area is 127 Å². The van der Waals surface area contributed by atoms with Crippen molar-refractivity contribution in [3.05, 3.63) is 29.8 Å². The molecule has 1 N–H and O–H groups in total. The first-order chi connectivity index (χ1) is 10.4. The molecular formula is C15H19F3N2O2. The van der Waals surface area contributed by atoms with Crippen LogP contribution < -0.4 is 10.1 Å². The molecule has 1 aliphatic heterocycles. The molecule has 1 aromatic rings. The third-order valence-corrected chi connectivity index (χ3v) is 3.73. The Morgan fingerprint density at radius 1 is 1.36 bits per heavy atom. The maximum atomic E-state index is 12.5. The van der Waals surface area contributed by atoms with Gasteiger partial charge in [-0.25, -0.2) is 0 Å². The van der Waals surface area contributed by atoms with E-state index < -0.39 is 6.36 Å². The monoisotopic (exact) mass is 316 g/mol. The maximum absolute atomic E-state index is 12.5. The summed E-state index contributed by atoms with van der Waals surface area (Å²) in [6.45, 7) is 0.933. The summed E-state index contributed by atoms with van der Waals surface area (Å²) in [5.74, 6) is -0.315. The number of nitrogens with one attached hydrogen (secondary N) is 1. The number of rotatable bonds is 4. The molecule has 1 saturated heterocycles. The predicted octanol–water partition coefficient (Wildman–Crippen LogP) is 2.69. The van der Waals surface area contributed by atoms with Gasteiger partial charge >= 0.3 is 6.36 Å². The third-order valence-electron chi connectivity index (χ3n) is 3.73. The van der Waals surface area contributed by atoms with Crippen molar-refractivity contribution in [2.75, 3.05) is 13.6 Å². The van der Waals surface area contributed by atoms with Crippen molar-refractivity contribution in [3.63, 3.8) is 0 Å². The Bertz CT molecular complexity index is 520. The Balaban J connectivity index is 2.16. The normalized spacial score (nSPS) is 19.7. The van der Waals surface area contributed by atoms with E-state index in [2.05, 4.69) is 10.1 Å². The second-order valence-corrected chi connectivity index (χ2v) is 5.25. The predicted molar refractivity (Wildman–Crippen MR) is 75.2 cm³/mol. The first-order valence-corrected chi connectivity index (χ1v) is 7.20. The van der Waals surface area contributed by atoms with Gasteiger partial charge in [-0.1, -0.05) is 24.6 Å². The van der Waals surface area contributed by atoms with E-state index in [-0.39, 0.29) is 24.2 Å². The standard InChI is InChI=1S/C15H19F3N2O2/c1-19-14(21)12-7-4-5-9-20(12)10-11-6-2-3-8-13(11)22-15(16,17)18/h2-3,6,8,12H,4-5,7,9-10H2,1H3,(H,19,21). The van der Waals surface area contributed by atoms with Gasteiger partial charge in [-0.2, -0.15) is 0 Å². The smallest absolute Gasteiger partial charge is 0.405 e. The zero-order valence-corrected chi connectivity index (χ0v) is 12.3. The minimum absolute atomic E-state index is 0.103. The summed E-state index contributed by atoms with van der Waals surface area (Å²) >= 11 is 0. The van der Waals surface area contributed by atoms with Gasteiger partial charge in [0.25, 0.3) is 0 Å². The molecule has 22 heavy (non-hydrogen) atoms. The Kier molecular flexibility index (Phi) is 5.28. The SMILES string of the molecule is CNC(=O)C1CCCCN1Cc1ccccc1OC(F)(F)F. The molecule has 122 valence electrons. The number of likely N-dealkylation sites (tertiary alicyclic amines) is 1. The van der Waals surface area contributed by atoms with Crippen LogP contribution in [-0.2, 0) is 11.3 Å². The van der Waals surface area contributed by atoms with E-state index >= 15 is 0 Å². The molecule has 1 aliphatic rings. The number of para-hydroxylation sites is 1. The van der Waals surface area contributed by atoms with Crippen LogP contribution in [0.5, 0.6) is 5.75 Å².